The zero-order chi connectivity index (χ0) is 39.0. The quantitative estimate of drug-likeness (QED) is 0.148. The van der Waals surface area contributed by atoms with E-state index >= 15 is 4.39 Å². The second-order valence-electron chi connectivity index (χ2n) is 14.1. The molecular weight excluding hydrogens is 715 g/mol. The zero-order valence-electron chi connectivity index (χ0n) is 29.1. The maximum atomic E-state index is 15.2. The molecule has 0 radical (unpaired) electrons. The first-order valence-electron chi connectivity index (χ1n) is 16.1. The molecule has 0 bridgehead atoms. The lowest BCUT2D eigenvalue weighted by atomic mass is 9.75. The Bertz CT molecular complexity index is 1990. The number of amides is 2. The van der Waals surface area contributed by atoms with Crippen LogP contribution in [0.15, 0.2) is 66.2 Å². The van der Waals surface area contributed by atoms with Gasteiger partial charge in [0.1, 0.15) is 18.8 Å². The molecule has 1 aliphatic heterocycles. The molecular formula is C34H36F7N9O3. The second kappa shape index (κ2) is 14.5. The third-order valence-corrected chi connectivity index (χ3v) is 8.44. The standard InChI is InChI=1S/C34H36F7N9O3/c1-32(2,3)16-34(21-9-6-18(7-10-21)20-13-44-48(14-20)28(38)39)27(51)49(30(42)46-34)24(15-53-31(52)47-33(4,5)26(36)37)19-8-11-23(35)22(12-19)25-43-17-45-50(25)29(40)41/h6-14,17,24,26,28-29H,15-16H2,1-5H3,(H2,42,46)(H,47,52)/t24-,34-/m1/s1. The molecule has 2 aromatic heterocycles. The van der Waals surface area contributed by atoms with Crippen molar-refractivity contribution in [3.8, 4) is 22.5 Å². The molecule has 2 amide bonds. The van der Waals surface area contributed by atoms with Crippen LogP contribution in [0.25, 0.3) is 22.5 Å². The summed E-state index contributed by atoms with van der Waals surface area (Å²) in [6.45, 7) is 0.902. The molecule has 0 unspecified atom stereocenters. The van der Waals surface area contributed by atoms with Gasteiger partial charge in [-0.15, -0.1) is 0 Å². The Morgan fingerprint density at radius 3 is 2.23 bits per heavy atom. The molecule has 53 heavy (non-hydrogen) atoms. The average Bonchev–Trinajstić information content (AvgIpc) is 3.81. The van der Waals surface area contributed by atoms with Crippen LogP contribution in [-0.4, -0.2) is 66.0 Å². The summed E-state index contributed by atoms with van der Waals surface area (Å²) in [5, 5.41) is 9.15. The van der Waals surface area contributed by atoms with Gasteiger partial charge in [-0.05, 0) is 54.5 Å². The van der Waals surface area contributed by atoms with Gasteiger partial charge in [-0.1, -0.05) is 51.1 Å². The van der Waals surface area contributed by atoms with Crippen molar-refractivity contribution in [3.05, 3.63) is 78.1 Å². The highest BCUT2D eigenvalue weighted by Crippen LogP contribution is 2.45. The number of aromatic nitrogens is 5. The number of nitrogens with two attached hydrogens (primary N) is 1. The number of nitrogens with zero attached hydrogens (tertiary/aromatic N) is 7. The van der Waals surface area contributed by atoms with Gasteiger partial charge in [-0.25, -0.2) is 32.6 Å². The molecule has 2 atom stereocenters. The van der Waals surface area contributed by atoms with E-state index in [2.05, 4.69) is 20.2 Å². The van der Waals surface area contributed by atoms with Crippen molar-refractivity contribution in [2.75, 3.05) is 6.61 Å². The van der Waals surface area contributed by atoms with Crippen LogP contribution >= 0.6 is 0 Å². The van der Waals surface area contributed by atoms with Crippen LogP contribution in [0.1, 0.15) is 71.3 Å². The Kier molecular flexibility index (Phi) is 10.6. The molecule has 0 fully saturated rings. The SMILES string of the molecule is CC(C)(C)C[C@]1(c2ccc(-c3cnn(C(F)F)c3)cc2)N=C(N)N([C@H](COC(=O)NC(C)(C)C(F)F)c2ccc(F)c(-c3ncnn3C(F)F)c2)C1=O. The van der Waals surface area contributed by atoms with Gasteiger partial charge in [0.15, 0.2) is 17.3 Å². The summed E-state index contributed by atoms with van der Waals surface area (Å²) in [4.78, 5) is 37.0. The number of nitrogens with one attached hydrogen (secondary N) is 1. The van der Waals surface area contributed by atoms with Crippen molar-refractivity contribution in [3.63, 3.8) is 0 Å². The van der Waals surface area contributed by atoms with Crippen molar-refractivity contribution in [2.24, 2.45) is 16.1 Å². The average molecular weight is 752 g/mol. The van der Waals surface area contributed by atoms with E-state index in [9.17, 15) is 35.9 Å². The van der Waals surface area contributed by atoms with Crippen LogP contribution < -0.4 is 11.1 Å². The highest BCUT2D eigenvalue weighted by Gasteiger charge is 2.53. The molecule has 4 aromatic rings. The van der Waals surface area contributed by atoms with E-state index in [4.69, 9.17) is 10.5 Å². The number of benzene rings is 2. The molecule has 3 heterocycles. The molecule has 3 N–H and O–H groups in total. The van der Waals surface area contributed by atoms with Gasteiger partial charge in [0.05, 0.1) is 23.3 Å². The lowest BCUT2D eigenvalue weighted by Gasteiger charge is -2.35. The number of carbonyl (C=O) groups excluding carboxylic acids is 2. The number of alkyl carbamates (subject to hydrolysis) is 1. The van der Waals surface area contributed by atoms with E-state index in [0.29, 0.717) is 21.4 Å². The number of rotatable bonds is 12. The molecule has 1 aliphatic rings. The van der Waals surface area contributed by atoms with Crippen LogP contribution in [0.3, 0.4) is 0 Å². The van der Waals surface area contributed by atoms with Gasteiger partial charge < -0.3 is 15.8 Å². The lowest BCUT2D eigenvalue weighted by molar-refractivity contribution is -0.135. The van der Waals surface area contributed by atoms with E-state index in [-0.39, 0.29) is 22.6 Å². The molecule has 0 spiro atoms. The van der Waals surface area contributed by atoms with Crippen molar-refractivity contribution >= 4 is 18.0 Å². The highest BCUT2D eigenvalue weighted by atomic mass is 19.3. The third kappa shape index (κ3) is 7.97. The van der Waals surface area contributed by atoms with E-state index in [0.717, 1.165) is 43.4 Å². The monoisotopic (exact) mass is 751 g/mol. The van der Waals surface area contributed by atoms with Crippen molar-refractivity contribution in [1.29, 1.82) is 0 Å². The smallest absolute Gasteiger partial charge is 0.407 e. The molecule has 2 aromatic carbocycles. The number of halogens is 7. The van der Waals surface area contributed by atoms with Crippen LogP contribution in [0, 0.1) is 11.2 Å². The molecule has 12 nitrogen and oxygen atoms in total. The summed E-state index contributed by atoms with van der Waals surface area (Å²) in [7, 11) is 0. The number of guanidine groups is 1. The van der Waals surface area contributed by atoms with E-state index < -0.39 is 77.9 Å². The Morgan fingerprint density at radius 2 is 1.64 bits per heavy atom. The fraction of sp³-hybridized carbons (Fsp3) is 0.412. The number of alkyl halides is 6. The molecule has 0 saturated heterocycles. The summed E-state index contributed by atoms with van der Waals surface area (Å²) >= 11 is 0. The number of aliphatic imine (C=N–C) groups is 1. The Labute approximate surface area is 298 Å². The van der Waals surface area contributed by atoms with Gasteiger partial charge in [0.25, 0.3) is 12.3 Å². The fourth-order valence-electron chi connectivity index (χ4n) is 5.94. The summed E-state index contributed by atoms with van der Waals surface area (Å²) in [5.41, 5.74) is 3.01. The first kappa shape index (κ1) is 38.7. The van der Waals surface area contributed by atoms with Crippen LogP contribution in [0.5, 0.6) is 0 Å². The summed E-state index contributed by atoms with van der Waals surface area (Å²) in [5.74, 6) is -2.60. The molecule has 5 rings (SSSR count). The number of carbonyl (C=O) groups is 2. The Hall–Kier alpha value is -5.49. The first-order valence-corrected chi connectivity index (χ1v) is 16.1. The lowest BCUT2D eigenvalue weighted by Crippen LogP contribution is -2.50. The van der Waals surface area contributed by atoms with Gasteiger partial charge >= 0.3 is 19.2 Å². The first-order chi connectivity index (χ1) is 24.7. The van der Waals surface area contributed by atoms with E-state index in [1.54, 1.807) is 24.3 Å². The zero-order valence-corrected chi connectivity index (χ0v) is 29.1. The minimum Gasteiger partial charge on any atom is -0.447 e. The minimum absolute atomic E-state index is 0.0237. The number of hydrogen-bond donors (Lipinski definition) is 2. The Balaban J connectivity index is 1.59. The van der Waals surface area contributed by atoms with Gasteiger partial charge in [-0.3, -0.25) is 9.69 Å². The second-order valence-corrected chi connectivity index (χ2v) is 14.1. The van der Waals surface area contributed by atoms with Crippen molar-refractivity contribution in [1.82, 2.24) is 34.8 Å². The molecule has 0 aliphatic carbocycles. The highest BCUT2D eigenvalue weighted by molar-refractivity contribution is 6.07. The number of hydrogen-bond acceptors (Lipinski definition) is 8. The molecule has 19 heteroatoms. The maximum absolute atomic E-state index is 15.2. The normalized spacial score (nSPS) is 17.2. The predicted octanol–water partition coefficient (Wildman–Crippen LogP) is 7.04. The summed E-state index contributed by atoms with van der Waals surface area (Å²) in [6.07, 6.45) is -0.975. The van der Waals surface area contributed by atoms with Gasteiger partial charge in [-0.2, -0.15) is 32.4 Å². The van der Waals surface area contributed by atoms with Gasteiger partial charge in [0.2, 0.25) is 0 Å². The van der Waals surface area contributed by atoms with E-state index in [1.165, 1.54) is 12.3 Å². The van der Waals surface area contributed by atoms with Crippen molar-refractivity contribution in [2.45, 2.75) is 77.7 Å². The van der Waals surface area contributed by atoms with Crippen LogP contribution in [0.2, 0.25) is 0 Å². The van der Waals surface area contributed by atoms with Crippen molar-refractivity contribution < 1.29 is 45.1 Å². The molecule has 284 valence electrons. The van der Waals surface area contributed by atoms with Gasteiger partial charge in [0, 0.05) is 11.8 Å². The topological polar surface area (TPSA) is 146 Å². The Morgan fingerprint density at radius 1 is 0.962 bits per heavy atom. The number of ether oxygens (including phenoxy) is 1. The predicted molar refractivity (Wildman–Crippen MR) is 177 cm³/mol. The maximum Gasteiger partial charge on any atom is 0.407 e. The summed E-state index contributed by atoms with van der Waals surface area (Å²) in [6, 6.07) is 8.17. The summed E-state index contributed by atoms with van der Waals surface area (Å²) < 4.78 is 102. The third-order valence-electron chi connectivity index (χ3n) is 8.44. The molecule has 0 saturated carbocycles. The largest absolute Gasteiger partial charge is 0.447 e. The fourth-order valence-corrected chi connectivity index (χ4v) is 5.94. The van der Waals surface area contributed by atoms with E-state index in [1.807, 2.05) is 26.1 Å². The van der Waals surface area contributed by atoms with Crippen LogP contribution in [0.4, 0.5) is 35.5 Å². The van der Waals surface area contributed by atoms with Crippen LogP contribution in [-0.2, 0) is 15.1 Å². The minimum atomic E-state index is -3.19.